The standard InChI is InChI=1S/C40H26F2N4/c1-25-16-21-36-33(22-25)31-14-8-9-15-35(31)46(36)37-23-28(30-20-18-29(41)24-34(30)42)17-19-32(37)40-44-38(26-10-4-2-5-11-26)43-39(45-40)27-12-6-3-7-13-27/h2-24H,1H3. The highest BCUT2D eigenvalue weighted by atomic mass is 19.1. The molecule has 0 aliphatic heterocycles. The number of hydrogen-bond donors (Lipinski definition) is 0. The molecule has 0 amide bonds. The molecular weight excluding hydrogens is 574 g/mol. The van der Waals surface area contributed by atoms with Crippen LogP contribution in [0.15, 0.2) is 140 Å². The molecule has 46 heavy (non-hydrogen) atoms. The summed E-state index contributed by atoms with van der Waals surface area (Å²) in [7, 11) is 0. The Kier molecular flexibility index (Phi) is 6.68. The molecule has 0 N–H and O–H groups in total. The predicted octanol–water partition coefficient (Wildman–Crippen LogP) is 10.2. The molecule has 0 atom stereocenters. The minimum Gasteiger partial charge on any atom is -0.308 e. The van der Waals surface area contributed by atoms with E-state index in [2.05, 4.69) is 41.8 Å². The van der Waals surface area contributed by atoms with E-state index in [4.69, 9.17) is 15.0 Å². The molecule has 0 aliphatic rings. The van der Waals surface area contributed by atoms with Crippen molar-refractivity contribution in [3.63, 3.8) is 0 Å². The van der Waals surface area contributed by atoms with E-state index in [1.54, 1.807) is 0 Å². The molecule has 2 aromatic heterocycles. The molecule has 0 radical (unpaired) electrons. The molecule has 8 rings (SSSR count). The van der Waals surface area contributed by atoms with Gasteiger partial charge in [-0.2, -0.15) is 0 Å². The number of aryl methyl sites for hydroxylation is 1. The van der Waals surface area contributed by atoms with E-state index in [0.29, 0.717) is 28.6 Å². The first kappa shape index (κ1) is 27.5. The number of aromatic nitrogens is 4. The molecular formula is C40H26F2N4. The summed E-state index contributed by atoms with van der Waals surface area (Å²) in [5.41, 5.74) is 7.27. The van der Waals surface area contributed by atoms with Crippen LogP contribution in [0.5, 0.6) is 0 Å². The van der Waals surface area contributed by atoms with Crippen molar-refractivity contribution in [1.82, 2.24) is 19.5 Å². The number of benzene rings is 6. The Hall–Kier alpha value is -6.01. The van der Waals surface area contributed by atoms with Gasteiger partial charge < -0.3 is 4.57 Å². The van der Waals surface area contributed by atoms with Gasteiger partial charge in [0.05, 0.1) is 16.7 Å². The van der Waals surface area contributed by atoms with Gasteiger partial charge in [0.1, 0.15) is 11.6 Å². The van der Waals surface area contributed by atoms with Crippen LogP contribution in [-0.2, 0) is 0 Å². The normalized spacial score (nSPS) is 11.4. The Morgan fingerprint density at radius 2 is 1.09 bits per heavy atom. The van der Waals surface area contributed by atoms with E-state index in [9.17, 15) is 4.39 Å². The molecule has 4 nitrogen and oxygen atoms in total. The van der Waals surface area contributed by atoms with Crippen LogP contribution < -0.4 is 0 Å². The topological polar surface area (TPSA) is 43.6 Å². The summed E-state index contributed by atoms with van der Waals surface area (Å²) < 4.78 is 31.3. The average Bonchev–Trinajstić information content (AvgIpc) is 3.42. The fourth-order valence-electron chi connectivity index (χ4n) is 6.07. The zero-order valence-electron chi connectivity index (χ0n) is 24.8. The fourth-order valence-corrected chi connectivity index (χ4v) is 6.07. The SMILES string of the molecule is Cc1ccc2c(c1)c1ccccc1n2-c1cc(-c2ccc(F)cc2F)ccc1-c1nc(-c2ccccc2)nc(-c2ccccc2)n1. The van der Waals surface area contributed by atoms with Crippen LogP contribution >= 0.6 is 0 Å². The van der Waals surface area contributed by atoms with Crippen molar-refractivity contribution < 1.29 is 8.78 Å². The molecule has 0 fully saturated rings. The number of fused-ring (bicyclic) bond motifs is 3. The lowest BCUT2D eigenvalue weighted by Crippen LogP contribution is -2.04. The minimum absolute atomic E-state index is 0.302. The lowest BCUT2D eigenvalue weighted by Gasteiger charge is -2.16. The molecule has 0 spiro atoms. The van der Waals surface area contributed by atoms with Crippen LogP contribution in [0.2, 0.25) is 0 Å². The van der Waals surface area contributed by atoms with Crippen molar-refractivity contribution in [3.8, 4) is 51.0 Å². The van der Waals surface area contributed by atoms with Crippen molar-refractivity contribution in [3.05, 3.63) is 157 Å². The van der Waals surface area contributed by atoms with Gasteiger partial charge in [0.25, 0.3) is 0 Å². The Morgan fingerprint density at radius 1 is 0.478 bits per heavy atom. The monoisotopic (exact) mass is 600 g/mol. The highest BCUT2D eigenvalue weighted by Crippen LogP contribution is 2.39. The molecule has 0 bridgehead atoms. The zero-order valence-corrected chi connectivity index (χ0v) is 24.8. The van der Waals surface area contributed by atoms with Gasteiger partial charge in [0.15, 0.2) is 17.5 Å². The second-order valence-electron chi connectivity index (χ2n) is 11.3. The zero-order chi connectivity index (χ0) is 31.2. The van der Waals surface area contributed by atoms with Crippen molar-refractivity contribution in [1.29, 1.82) is 0 Å². The molecule has 2 heterocycles. The quantitative estimate of drug-likeness (QED) is 0.197. The third-order valence-corrected chi connectivity index (χ3v) is 8.25. The first-order chi connectivity index (χ1) is 22.5. The third-order valence-electron chi connectivity index (χ3n) is 8.25. The van der Waals surface area contributed by atoms with E-state index >= 15 is 4.39 Å². The maximum atomic E-state index is 15.2. The van der Waals surface area contributed by atoms with E-state index in [1.807, 2.05) is 91.0 Å². The third kappa shape index (κ3) is 4.81. The summed E-state index contributed by atoms with van der Waals surface area (Å²) in [6.45, 7) is 2.08. The maximum absolute atomic E-state index is 15.2. The number of halogens is 2. The van der Waals surface area contributed by atoms with Crippen molar-refractivity contribution >= 4 is 21.8 Å². The van der Waals surface area contributed by atoms with Gasteiger partial charge in [-0.15, -0.1) is 0 Å². The van der Waals surface area contributed by atoms with Gasteiger partial charge in [0.2, 0.25) is 0 Å². The number of nitrogens with zero attached hydrogens (tertiary/aromatic N) is 4. The van der Waals surface area contributed by atoms with Crippen LogP contribution in [0.3, 0.4) is 0 Å². The first-order valence-electron chi connectivity index (χ1n) is 15.0. The predicted molar refractivity (Wildman–Crippen MR) is 181 cm³/mol. The number of rotatable bonds is 5. The minimum atomic E-state index is -0.630. The van der Waals surface area contributed by atoms with E-state index in [-0.39, 0.29) is 0 Å². The molecule has 6 aromatic carbocycles. The Morgan fingerprint density at radius 3 is 1.78 bits per heavy atom. The molecule has 8 aromatic rings. The molecule has 0 saturated carbocycles. The average molecular weight is 601 g/mol. The van der Waals surface area contributed by atoms with E-state index in [0.717, 1.165) is 55.8 Å². The highest BCUT2D eigenvalue weighted by molar-refractivity contribution is 6.10. The van der Waals surface area contributed by atoms with Crippen molar-refractivity contribution in [2.75, 3.05) is 0 Å². The van der Waals surface area contributed by atoms with Crippen LogP contribution in [0.1, 0.15) is 5.56 Å². The largest absolute Gasteiger partial charge is 0.308 e. The Balaban J connectivity index is 1.46. The smallest absolute Gasteiger partial charge is 0.166 e. The number of hydrogen-bond acceptors (Lipinski definition) is 3. The summed E-state index contributed by atoms with van der Waals surface area (Å²) in [5, 5.41) is 2.20. The van der Waals surface area contributed by atoms with Gasteiger partial charge in [-0.3, -0.25) is 0 Å². The molecule has 0 aliphatic carbocycles. The fraction of sp³-hybridized carbons (Fsp3) is 0.0250. The highest BCUT2D eigenvalue weighted by Gasteiger charge is 2.21. The molecule has 0 saturated heterocycles. The summed E-state index contributed by atoms with van der Waals surface area (Å²) in [5.74, 6) is 0.313. The van der Waals surface area contributed by atoms with Gasteiger partial charge in [0, 0.05) is 39.1 Å². The van der Waals surface area contributed by atoms with Crippen molar-refractivity contribution in [2.45, 2.75) is 6.92 Å². The Labute approximate surface area is 264 Å². The van der Waals surface area contributed by atoms with Gasteiger partial charge in [-0.1, -0.05) is 96.6 Å². The van der Waals surface area contributed by atoms with Crippen LogP contribution in [-0.4, -0.2) is 19.5 Å². The summed E-state index contributed by atoms with van der Waals surface area (Å²) in [6, 6.07) is 43.6. The second kappa shape index (κ2) is 11.2. The second-order valence-corrected chi connectivity index (χ2v) is 11.3. The summed E-state index contributed by atoms with van der Waals surface area (Å²) in [6.07, 6.45) is 0. The van der Waals surface area contributed by atoms with Crippen LogP contribution in [0, 0.1) is 18.6 Å². The van der Waals surface area contributed by atoms with E-state index in [1.165, 1.54) is 12.1 Å². The van der Waals surface area contributed by atoms with Crippen LogP contribution in [0.4, 0.5) is 8.78 Å². The molecule has 6 heteroatoms. The lowest BCUT2D eigenvalue weighted by atomic mass is 10.0. The lowest BCUT2D eigenvalue weighted by molar-refractivity contribution is 0.585. The number of para-hydroxylation sites is 1. The van der Waals surface area contributed by atoms with E-state index < -0.39 is 11.6 Å². The first-order valence-corrected chi connectivity index (χ1v) is 15.0. The Bertz CT molecular complexity index is 2340. The maximum Gasteiger partial charge on any atom is 0.166 e. The van der Waals surface area contributed by atoms with Gasteiger partial charge >= 0.3 is 0 Å². The summed E-state index contributed by atoms with van der Waals surface area (Å²) in [4.78, 5) is 14.9. The molecule has 0 unspecified atom stereocenters. The van der Waals surface area contributed by atoms with Gasteiger partial charge in [-0.05, 0) is 55.0 Å². The van der Waals surface area contributed by atoms with Gasteiger partial charge in [-0.25, -0.2) is 23.7 Å². The molecule has 220 valence electrons. The summed E-state index contributed by atoms with van der Waals surface area (Å²) >= 11 is 0. The van der Waals surface area contributed by atoms with Crippen molar-refractivity contribution in [2.24, 2.45) is 0 Å². The van der Waals surface area contributed by atoms with Crippen LogP contribution in [0.25, 0.3) is 72.8 Å².